The van der Waals surface area contributed by atoms with Crippen molar-refractivity contribution in [3.8, 4) is 11.5 Å². The zero-order chi connectivity index (χ0) is 13.4. The first-order chi connectivity index (χ1) is 9.93. The monoisotopic (exact) mass is 273 g/mol. The van der Waals surface area contributed by atoms with Gasteiger partial charge in [-0.1, -0.05) is 6.42 Å². The molecule has 1 N–H and O–H groups in total. The SMILES string of the molecule is c1c2c(c(C3CCCCN3)c3c1OCCC3)OCCC2. The largest absolute Gasteiger partial charge is 0.493 e. The summed E-state index contributed by atoms with van der Waals surface area (Å²) in [5, 5.41) is 3.70. The van der Waals surface area contributed by atoms with Crippen molar-refractivity contribution in [2.24, 2.45) is 0 Å². The Hall–Kier alpha value is -1.22. The van der Waals surface area contributed by atoms with Gasteiger partial charge in [0.15, 0.2) is 0 Å². The highest BCUT2D eigenvalue weighted by Crippen LogP contribution is 2.44. The average molecular weight is 273 g/mol. The zero-order valence-electron chi connectivity index (χ0n) is 12.0. The van der Waals surface area contributed by atoms with Crippen LogP contribution in [0.2, 0.25) is 0 Å². The van der Waals surface area contributed by atoms with E-state index in [1.165, 1.54) is 41.7 Å². The highest BCUT2D eigenvalue weighted by Gasteiger charge is 2.29. The molecule has 0 bridgehead atoms. The molecule has 0 spiro atoms. The third-order valence-electron chi connectivity index (χ3n) is 4.79. The van der Waals surface area contributed by atoms with E-state index >= 15 is 0 Å². The number of nitrogens with one attached hydrogen (secondary N) is 1. The van der Waals surface area contributed by atoms with E-state index in [0.29, 0.717) is 6.04 Å². The normalized spacial score (nSPS) is 25.1. The second kappa shape index (κ2) is 5.28. The second-order valence-corrected chi connectivity index (χ2v) is 6.16. The van der Waals surface area contributed by atoms with E-state index < -0.39 is 0 Å². The van der Waals surface area contributed by atoms with Gasteiger partial charge in [-0.15, -0.1) is 0 Å². The minimum Gasteiger partial charge on any atom is -0.493 e. The lowest BCUT2D eigenvalue weighted by molar-refractivity contribution is 0.262. The summed E-state index contributed by atoms with van der Waals surface area (Å²) in [4.78, 5) is 0. The van der Waals surface area contributed by atoms with Crippen molar-refractivity contribution < 1.29 is 9.47 Å². The molecule has 3 nitrogen and oxygen atoms in total. The molecule has 108 valence electrons. The van der Waals surface area contributed by atoms with E-state index in [-0.39, 0.29) is 0 Å². The molecule has 4 rings (SSSR count). The van der Waals surface area contributed by atoms with Crippen LogP contribution < -0.4 is 14.8 Å². The van der Waals surface area contributed by atoms with E-state index in [1.54, 1.807) is 0 Å². The van der Waals surface area contributed by atoms with E-state index in [4.69, 9.17) is 9.47 Å². The summed E-state index contributed by atoms with van der Waals surface area (Å²) in [7, 11) is 0. The molecule has 3 heteroatoms. The number of ether oxygens (including phenoxy) is 2. The van der Waals surface area contributed by atoms with Crippen molar-refractivity contribution in [1.82, 2.24) is 5.32 Å². The molecule has 0 amide bonds. The van der Waals surface area contributed by atoms with Gasteiger partial charge in [-0.3, -0.25) is 0 Å². The second-order valence-electron chi connectivity index (χ2n) is 6.16. The van der Waals surface area contributed by atoms with Crippen molar-refractivity contribution in [3.63, 3.8) is 0 Å². The number of hydrogen-bond acceptors (Lipinski definition) is 3. The fraction of sp³-hybridized carbons (Fsp3) is 0.647. The van der Waals surface area contributed by atoms with Gasteiger partial charge in [-0.2, -0.15) is 0 Å². The standard InChI is InChI=1S/C17H23NO2/c1-2-8-18-14(7-1)16-13-6-4-9-19-15(13)11-12-5-3-10-20-17(12)16/h11,14,18H,1-10H2. The van der Waals surface area contributed by atoms with Crippen LogP contribution in [0.4, 0.5) is 0 Å². The summed E-state index contributed by atoms with van der Waals surface area (Å²) in [5.41, 5.74) is 4.20. The number of rotatable bonds is 1. The average Bonchev–Trinajstić information content (AvgIpc) is 2.53. The molecule has 1 aromatic carbocycles. The third kappa shape index (κ3) is 2.08. The molecule has 0 aromatic heterocycles. The molecule has 1 fully saturated rings. The van der Waals surface area contributed by atoms with Crippen LogP contribution in [0.25, 0.3) is 0 Å². The Balaban J connectivity index is 1.84. The number of piperidine rings is 1. The molecule has 1 atom stereocenters. The van der Waals surface area contributed by atoms with Crippen LogP contribution in [-0.2, 0) is 12.8 Å². The smallest absolute Gasteiger partial charge is 0.127 e. The van der Waals surface area contributed by atoms with Crippen molar-refractivity contribution in [2.75, 3.05) is 19.8 Å². The molecule has 20 heavy (non-hydrogen) atoms. The number of fused-ring (bicyclic) bond motifs is 2. The minimum absolute atomic E-state index is 0.465. The molecular formula is C17H23NO2. The molecular weight excluding hydrogens is 250 g/mol. The first-order valence-corrected chi connectivity index (χ1v) is 8.11. The number of benzene rings is 1. The lowest BCUT2D eigenvalue weighted by atomic mass is 9.86. The maximum absolute atomic E-state index is 6.08. The first-order valence-electron chi connectivity index (χ1n) is 8.11. The first kappa shape index (κ1) is 12.5. The van der Waals surface area contributed by atoms with Crippen LogP contribution in [0.3, 0.4) is 0 Å². The Bertz CT molecular complexity index is 472. The van der Waals surface area contributed by atoms with Gasteiger partial charge in [0.1, 0.15) is 11.5 Å². The predicted molar refractivity (Wildman–Crippen MR) is 78.7 cm³/mol. The summed E-state index contributed by atoms with van der Waals surface area (Å²) in [6.07, 6.45) is 8.37. The van der Waals surface area contributed by atoms with Crippen molar-refractivity contribution in [2.45, 2.75) is 51.0 Å². The van der Waals surface area contributed by atoms with Gasteiger partial charge in [0.25, 0.3) is 0 Å². The van der Waals surface area contributed by atoms with E-state index in [9.17, 15) is 0 Å². The highest BCUT2D eigenvalue weighted by atomic mass is 16.5. The number of aryl methyl sites for hydroxylation is 1. The molecule has 3 heterocycles. The fourth-order valence-corrected chi connectivity index (χ4v) is 3.83. The molecule has 1 aromatic rings. The molecule has 3 aliphatic rings. The van der Waals surface area contributed by atoms with Crippen LogP contribution in [0.5, 0.6) is 11.5 Å². The minimum atomic E-state index is 0.465. The van der Waals surface area contributed by atoms with Gasteiger partial charge in [0.05, 0.1) is 13.2 Å². The summed E-state index contributed by atoms with van der Waals surface area (Å²) in [6, 6.07) is 2.71. The van der Waals surface area contributed by atoms with Gasteiger partial charge in [-0.05, 0) is 56.7 Å². The molecule has 1 saturated heterocycles. The lowest BCUT2D eigenvalue weighted by Crippen LogP contribution is -2.30. The van der Waals surface area contributed by atoms with Crippen LogP contribution in [-0.4, -0.2) is 19.8 Å². The molecule has 0 radical (unpaired) electrons. The van der Waals surface area contributed by atoms with Gasteiger partial charge in [0, 0.05) is 17.2 Å². The summed E-state index contributed by atoms with van der Waals surface area (Å²) in [5.74, 6) is 2.31. The quantitative estimate of drug-likeness (QED) is 0.852. The van der Waals surface area contributed by atoms with Crippen molar-refractivity contribution >= 4 is 0 Å². The maximum Gasteiger partial charge on any atom is 0.127 e. The van der Waals surface area contributed by atoms with Crippen LogP contribution in [0.15, 0.2) is 6.07 Å². The Morgan fingerprint density at radius 1 is 1.00 bits per heavy atom. The molecule has 0 saturated carbocycles. The van der Waals surface area contributed by atoms with E-state index in [0.717, 1.165) is 51.2 Å². The maximum atomic E-state index is 6.08. The van der Waals surface area contributed by atoms with Gasteiger partial charge in [-0.25, -0.2) is 0 Å². The number of hydrogen-bond donors (Lipinski definition) is 1. The Morgan fingerprint density at radius 2 is 1.90 bits per heavy atom. The summed E-state index contributed by atoms with van der Waals surface area (Å²) in [6.45, 7) is 2.86. The molecule has 3 aliphatic heterocycles. The third-order valence-corrected chi connectivity index (χ3v) is 4.79. The molecule has 0 aliphatic carbocycles. The Kier molecular flexibility index (Phi) is 3.31. The summed E-state index contributed by atoms with van der Waals surface area (Å²) < 4.78 is 12.0. The van der Waals surface area contributed by atoms with Gasteiger partial charge < -0.3 is 14.8 Å². The predicted octanol–water partition coefficient (Wildman–Crippen LogP) is 3.15. The van der Waals surface area contributed by atoms with Crippen LogP contribution in [0.1, 0.15) is 54.8 Å². The van der Waals surface area contributed by atoms with E-state index in [2.05, 4.69) is 11.4 Å². The van der Waals surface area contributed by atoms with Gasteiger partial charge >= 0.3 is 0 Å². The lowest BCUT2D eigenvalue weighted by Gasteiger charge is -2.33. The Labute approximate surface area is 120 Å². The van der Waals surface area contributed by atoms with Gasteiger partial charge in [0.2, 0.25) is 0 Å². The van der Waals surface area contributed by atoms with Crippen LogP contribution in [0, 0.1) is 0 Å². The van der Waals surface area contributed by atoms with Crippen molar-refractivity contribution in [1.29, 1.82) is 0 Å². The van der Waals surface area contributed by atoms with Crippen molar-refractivity contribution in [3.05, 3.63) is 22.8 Å². The topological polar surface area (TPSA) is 30.5 Å². The zero-order valence-corrected chi connectivity index (χ0v) is 12.0. The highest BCUT2D eigenvalue weighted by molar-refractivity contribution is 5.56. The summed E-state index contributed by atoms with van der Waals surface area (Å²) >= 11 is 0. The van der Waals surface area contributed by atoms with E-state index in [1.807, 2.05) is 0 Å². The Morgan fingerprint density at radius 3 is 2.80 bits per heavy atom. The fourth-order valence-electron chi connectivity index (χ4n) is 3.83. The molecule has 1 unspecified atom stereocenters. The van der Waals surface area contributed by atoms with Crippen LogP contribution >= 0.6 is 0 Å².